The Morgan fingerprint density at radius 1 is 1.32 bits per heavy atom. The van der Waals surface area contributed by atoms with Crippen LogP contribution in [0.4, 0.5) is 0 Å². The summed E-state index contributed by atoms with van der Waals surface area (Å²) in [5.74, 6) is 1.30. The van der Waals surface area contributed by atoms with E-state index in [1.807, 2.05) is 30.8 Å². The summed E-state index contributed by atoms with van der Waals surface area (Å²) in [6.07, 6.45) is 6.37. The second-order valence-electron chi connectivity index (χ2n) is 5.65. The number of nitrogens with zero attached hydrogens (tertiary/aromatic N) is 5. The van der Waals surface area contributed by atoms with Crippen LogP contribution in [0.1, 0.15) is 30.4 Å². The summed E-state index contributed by atoms with van der Waals surface area (Å²) < 4.78 is 27.2. The maximum atomic E-state index is 11.9. The van der Waals surface area contributed by atoms with Gasteiger partial charge in [-0.1, -0.05) is 0 Å². The molecule has 1 fully saturated rings. The fourth-order valence-electron chi connectivity index (χ4n) is 2.86. The summed E-state index contributed by atoms with van der Waals surface area (Å²) in [5.41, 5.74) is 1.53. The number of hydrogen-bond donors (Lipinski definition) is 0. The number of sulfonamides is 1. The largest absolute Gasteiger partial charge is 0.333 e. The fraction of sp³-hybridized carbons (Fsp3) is 0.500. The van der Waals surface area contributed by atoms with E-state index in [1.165, 1.54) is 10.6 Å². The highest BCUT2D eigenvalue weighted by Gasteiger charge is 2.34. The molecule has 8 heteroatoms. The smallest absolute Gasteiger partial charge is 0.211 e. The highest BCUT2D eigenvalue weighted by Crippen LogP contribution is 2.32. The van der Waals surface area contributed by atoms with Crippen molar-refractivity contribution < 1.29 is 8.42 Å². The normalized spacial score (nSPS) is 19.7. The molecule has 0 aliphatic carbocycles. The Bertz CT molecular complexity index is 799. The van der Waals surface area contributed by atoms with E-state index in [1.54, 1.807) is 6.20 Å². The fourth-order valence-corrected chi connectivity index (χ4v) is 3.99. The molecule has 1 saturated heterocycles. The Balaban J connectivity index is 2.05. The van der Waals surface area contributed by atoms with Gasteiger partial charge in [-0.15, -0.1) is 0 Å². The molecule has 22 heavy (non-hydrogen) atoms. The summed E-state index contributed by atoms with van der Waals surface area (Å²) in [6.45, 7) is 2.41. The van der Waals surface area contributed by atoms with Gasteiger partial charge in [0.1, 0.15) is 11.5 Å². The highest BCUT2D eigenvalue weighted by atomic mass is 32.2. The van der Waals surface area contributed by atoms with Crippen molar-refractivity contribution in [2.45, 2.75) is 25.8 Å². The number of aromatic nitrogens is 4. The highest BCUT2D eigenvalue weighted by molar-refractivity contribution is 7.88. The average Bonchev–Trinajstić information content (AvgIpc) is 3.05. The Morgan fingerprint density at radius 3 is 2.73 bits per heavy atom. The first-order valence-corrected chi connectivity index (χ1v) is 9.01. The van der Waals surface area contributed by atoms with Crippen LogP contribution >= 0.6 is 0 Å². The molecule has 1 atom stereocenters. The lowest BCUT2D eigenvalue weighted by atomic mass is 10.2. The lowest BCUT2D eigenvalue weighted by Gasteiger charge is -2.21. The number of hydrogen-bond acceptors (Lipinski definition) is 5. The summed E-state index contributed by atoms with van der Waals surface area (Å²) >= 11 is 0. The molecule has 2 aromatic rings. The molecule has 0 amide bonds. The van der Waals surface area contributed by atoms with Crippen LogP contribution in [0.5, 0.6) is 0 Å². The van der Waals surface area contributed by atoms with Crippen molar-refractivity contribution in [2.24, 2.45) is 7.05 Å². The van der Waals surface area contributed by atoms with Crippen LogP contribution in [0.15, 0.2) is 18.5 Å². The van der Waals surface area contributed by atoms with Crippen LogP contribution < -0.4 is 0 Å². The first-order chi connectivity index (χ1) is 10.4. The Hall–Kier alpha value is -1.80. The topological polar surface area (TPSA) is 81.0 Å². The van der Waals surface area contributed by atoms with E-state index in [0.717, 1.165) is 30.1 Å². The molecule has 0 saturated carbocycles. The monoisotopic (exact) mass is 321 g/mol. The lowest BCUT2D eigenvalue weighted by Crippen LogP contribution is -2.30. The molecule has 0 N–H and O–H groups in total. The predicted molar refractivity (Wildman–Crippen MR) is 82.5 cm³/mol. The number of rotatable bonds is 3. The van der Waals surface area contributed by atoms with Crippen molar-refractivity contribution in [2.75, 3.05) is 12.8 Å². The standard InChI is InChI=1S/C14H19N5O2S/c1-10-9-11(14-15-6-8-18(14)2)17-13(16-10)12-5-4-7-19(12)22(3,20)21/h6,8-9,12H,4-5,7H2,1-3H3/t12-/m0/s1. The summed E-state index contributed by atoms with van der Waals surface area (Å²) in [7, 11) is -1.35. The van der Waals surface area contributed by atoms with Crippen molar-refractivity contribution in [3.05, 3.63) is 30.0 Å². The van der Waals surface area contributed by atoms with Gasteiger partial charge in [-0.25, -0.2) is 23.4 Å². The van der Waals surface area contributed by atoms with E-state index in [-0.39, 0.29) is 6.04 Å². The van der Waals surface area contributed by atoms with Gasteiger partial charge < -0.3 is 4.57 Å². The van der Waals surface area contributed by atoms with Gasteiger partial charge in [0, 0.05) is 31.7 Å². The maximum Gasteiger partial charge on any atom is 0.211 e. The van der Waals surface area contributed by atoms with E-state index < -0.39 is 10.0 Å². The first kappa shape index (κ1) is 15.1. The molecule has 1 aliphatic rings. The first-order valence-electron chi connectivity index (χ1n) is 7.16. The molecule has 0 radical (unpaired) electrons. The third-order valence-corrected chi connectivity index (χ3v) is 5.14. The van der Waals surface area contributed by atoms with E-state index in [2.05, 4.69) is 15.0 Å². The quantitative estimate of drug-likeness (QED) is 0.850. The minimum atomic E-state index is -3.26. The van der Waals surface area contributed by atoms with Gasteiger partial charge in [0.25, 0.3) is 0 Å². The molecular weight excluding hydrogens is 302 g/mol. The molecule has 0 aromatic carbocycles. The SMILES string of the molecule is Cc1cc(-c2nccn2C)nc([C@@H]2CCCN2S(C)(=O)=O)n1. The van der Waals surface area contributed by atoms with Crippen molar-refractivity contribution in [1.29, 1.82) is 0 Å². The minimum Gasteiger partial charge on any atom is -0.333 e. The van der Waals surface area contributed by atoms with Gasteiger partial charge in [0.15, 0.2) is 5.82 Å². The molecule has 0 bridgehead atoms. The van der Waals surface area contributed by atoms with Gasteiger partial charge in [0.2, 0.25) is 10.0 Å². The van der Waals surface area contributed by atoms with Crippen LogP contribution in [0.25, 0.3) is 11.5 Å². The van der Waals surface area contributed by atoms with E-state index in [0.29, 0.717) is 12.4 Å². The zero-order valence-electron chi connectivity index (χ0n) is 12.9. The number of aryl methyl sites for hydroxylation is 2. The number of imidazole rings is 1. The van der Waals surface area contributed by atoms with Gasteiger partial charge in [-0.3, -0.25) is 0 Å². The van der Waals surface area contributed by atoms with Crippen molar-refractivity contribution in [1.82, 2.24) is 23.8 Å². The molecule has 2 aromatic heterocycles. The van der Waals surface area contributed by atoms with E-state index in [4.69, 9.17) is 0 Å². The summed E-state index contributed by atoms with van der Waals surface area (Å²) in [5, 5.41) is 0. The van der Waals surface area contributed by atoms with Crippen LogP contribution in [0.3, 0.4) is 0 Å². The molecule has 0 unspecified atom stereocenters. The Morgan fingerprint density at radius 2 is 2.09 bits per heavy atom. The van der Waals surface area contributed by atoms with Crippen LogP contribution in [-0.2, 0) is 17.1 Å². The van der Waals surface area contributed by atoms with Gasteiger partial charge in [-0.05, 0) is 25.8 Å². The van der Waals surface area contributed by atoms with Crippen molar-refractivity contribution >= 4 is 10.0 Å². The Kier molecular flexibility index (Phi) is 3.73. The predicted octanol–water partition coefficient (Wildman–Crippen LogP) is 1.28. The lowest BCUT2D eigenvalue weighted by molar-refractivity contribution is 0.386. The van der Waals surface area contributed by atoms with Crippen LogP contribution in [-0.4, -0.2) is 45.0 Å². The zero-order chi connectivity index (χ0) is 15.9. The molecule has 7 nitrogen and oxygen atoms in total. The second kappa shape index (κ2) is 5.44. The molecule has 118 valence electrons. The van der Waals surface area contributed by atoms with Gasteiger partial charge >= 0.3 is 0 Å². The van der Waals surface area contributed by atoms with E-state index >= 15 is 0 Å². The average molecular weight is 321 g/mol. The van der Waals surface area contributed by atoms with Crippen LogP contribution in [0, 0.1) is 6.92 Å². The maximum absolute atomic E-state index is 11.9. The summed E-state index contributed by atoms with van der Waals surface area (Å²) in [4.78, 5) is 13.4. The minimum absolute atomic E-state index is 0.283. The molecule has 0 spiro atoms. The second-order valence-corrected chi connectivity index (χ2v) is 7.58. The molecule has 3 heterocycles. The molecule has 1 aliphatic heterocycles. The third-order valence-electron chi connectivity index (χ3n) is 3.85. The molecule has 3 rings (SSSR count). The van der Waals surface area contributed by atoms with Gasteiger partial charge in [-0.2, -0.15) is 4.31 Å². The van der Waals surface area contributed by atoms with Crippen molar-refractivity contribution in [3.63, 3.8) is 0 Å². The van der Waals surface area contributed by atoms with E-state index in [9.17, 15) is 8.42 Å². The zero-order valence-corrected chi connectivity index (χ0v) is 13.7. The third kappa shape index (κ3) is 2.76. The van der Waals surface area contributed by atoms with Crippen LogP contribution in [0.2, 0.25) is 0 Å². The Labute approximate surface area is 130 Å². The van der Waals surface area contributed by atoms with Crippen molar-refractivity contribution in [3.8, 4) is 11.5 Å². The summed E-state index contributed by atoms with van der Waals surface area (Å²) in [6, 6.07) is 1.58. The van der Waals surface area contributed by atoms with Gasteiger partial charge in [0.05, 0.1) is 12.3 Å². The molecular formula is C14H19N5O2S.